The van der Waals surface area contributed by atoms with Crippen LogP contribution >= 0.6 is 0 Å². The Labute approximate surface area is 89.8 Å². The van der Waals surface area contributed by atoms with Crippen LogP contribution in [0.25, 0.3) is 0 Å². The van der Waals surface area contributed by atoms with E-state index in [9.17, 15) is 4.79 Å². The lowest BCUT2D eigenvalue weighted by Gasteiger charge is -2.03. The SMILES string of the molecule is CCOC(CC)=NC(=O)c1ccccc1. The van der Waals surface area contributed by atoms with Crippen LogP contribution in [0.2, 0.25) is 0 Å². The van der Waals surface area contributed by atoms with Crippen molar-refractivity contribution in [2.24, 2.45) is 4.99 Å². The van der Waals surface area contributed by atoms with Gasteiger partial charge in [-0.05, 0) is 19.1 Å². The minimum Gasteiger partial charge on any atom is -0.481 e. The average Bonchev–Trinajstić information content (AvgIpc) is 2.29. The number of hydrogen-bond acceptors (Lipinski definition) is 2. The summed E-state index contributed by atoms with van der Waals surface area (Å²) in [5.74, 6) is 0.243. The van der Waals surface area contributed by atoms with Crippen molar-refractivity contribution < 1.29 is 9.53 Å². The Bertz CT molecular complexity index is 344. The molecule has 80 valence electrons. The summed E-state index contributed by atoms with van der Waals surface area (Å²) in [4.78, 5) is 15.5. The molecule has 0 unspecified atom stereocenters. The third kappa shape index (κ3) is 3.54. The largest absolute Gasteiger partial charge is 0.481 e. The van der Waals surface area contributed by atoms with Gasteiger partial charge < -0.3 is 4.74 Å². The molecule has 0 atom stereocenters. The number of benzene rings is 1. The molecule has 0 aliphatic carbocycles. The Morgan fingerprint density at radius 2 is 1.93 bits per heavy atom. The summed E-state index contributed by atoms with van der Waals surface area (Å²) in [7, 11) is 0. The Morgan fingerprint density at radius 1 is 1.27 bits per heavy atom. The van der Waals surface area contributed by atoms with Crippen molar-refractivity contribution in [2.75, 3.05) is 6.61 Å². The third-order valence-electron chi connectivity index (χ3n) is 1.86. The molecular formula is C12H15NO2. The fourth-order valence-electron chi connectivity index (χ4n) is 1.14. The van der Waals surface area contributed by atoms with E-state index in [2.05, 4.69) is 4.99 Å². The van der Waals surface area contributed by atoms with E-state index >= 15 is 0 Å². The standard InChI is InChI=1S/C12H15NO2/c1-3-11(15-4-2)13-12(14)10-8-6-5-7-9-10/h5-9H,3-4H2,1-2H3. The smallest absolute Gasteiger partial charge is 0.279 e. The molecule has 0 aromatic heterocycles. The van der Waals surface area contributed by atoms with Crippen LogP contribution in [0.5, 0.6) is 0 Å². The third-order valence-corrected chi connectivity index (χ3v) is 1.86. The number of aliphatic imine (C=N–C) groups is 1. The molecule has 3 heteroatoms. The van der Waals surface area contributed by atoms with Crippen LogP contribution in [0.3, 0.4) is 0 Å². The molecule has 3 nitrogen and oxygen atoms in total. The van der Waals surface area contributed by atoms with E-state index in [1.54, 1.807) is 12.1 Å². The average molecular weight is 205 g/mol. The predicted molar refractivity (Wildman–Crippen MR) is 60.1 cm³/mol. The van der Waals surface area contributed by atoms with Gasteiger partial charge in [0.05, 0.1) is 6.61 Å². The van der Waals surface area contributed by atoms with Gasteiger partial charge >= 0.3 is 0 Å². The monoisotopic (exact) mass is 205 g/mol. The number of ether oxygens (including phenoxy) is 1. The zero-order valence-corrected chi connectivity index (χ0v) is 9.06. The fraction of sp³-hybridized carbons (Fsp3) is 0.333. The minimum absolute atomic E-state index is 0.249. The summed E-state index contributed by atoms with van der Waals surface area (Å²) in [5.41, 5.74) is 0.586. The van der Waals surface area contributed by atoms with E-state index in [0.717, 1.165) is 0 Å². The van der Waals surface area contributed by atoms with E-state index in [1.165, 1.54) is 0 Å². The topological polar surface area (TPSA) is 38.7 Å². The Balaban J connectivity index is 2.77. The van der Waals surface area contributed by atoms with Gasteiger partial charge in [-0.1, -0.05) is 25.1 Å². The van der Waals surface area contributed by atoms with Crippen LogP contribution in [0, 0.1) is 0 Å². The van der Waals surface area contributed by atoms with Gasteiger partial charge in [0.25, 0.3) is 5.91 Å². The number of rotatable bonds is 3. The quantitative estimate of drug-likeness (QED) is 0.562. The molecule has 0 aliphatic heterocycles. The highest BCUT2D eigenvalue weighted by atomic mass is 16.5. The summed E-state index contributed by atoms with van der Waals surface area (Å²) in [6.45, 7) is 4.32. The van der Waals surface area contributed by atoms with Crippen molar-refractivity contribution in [1.29, 1.82) is 0 Å². The van der Waals surface area contributed by atoms with Crippen LogP contribution in [0.1, 0.15) is 30.6 Å². The molecule has 0 bridgehead atoms. The van der Waals surface area contributed by atoms with Crippen molar-refractivity contribution in [3.63, 3.8) is 0 Å². The molecule has 15 heavy (non-hydrogen) atoms. The van der Waals surface area contributed by atoms with Gasteiger partial charge in [0, 0.05) is 12.0 Å². The fourth-order valence-corrected chi connectivity index (χ4v) is 1.14. The van der Waals surface area contributed by atoms with Gasteiger partial charge in [-0.25, -0.2) is 0 Å². The highest BCUT2D eigenvalue weighted by Crippen LogP contribution is 2.02. The second-order valence-electron chi connectivity index (χ2n) is 2.96. The molecule has 1 rings (SSSR count). The van der Waals surface area contributed by atoms with Crippen molar-refractivity contribution in [1.82, 2.24) is 0 Å². The first-order valence-corrected chi connectivity index (χ1v) is 5.07. The summed E-state index contributed by atoms with van der Waals surface area (Å²) in [6.07, 6.45) is 0.631. The second kappa shape index (κ2) is 5.96. The van der Waals surface area contributed by atoms with Crippen molar-refractivity contribution in [3.8, 4) is 0 Å². The van der Waals surface area contributed by atoms with Crippen LogP contribution in [0.15, 0.2) is 35.3 Å². The first-order chi connectivity index (χ1) is 7.27. The van der Waals surface area contributed by atoms with E-state index < -0.39 is 0 Å². The van der Waals surface area contributed by atoms with Crippen LogP contribution in [-0.2, 0) is 4.74 Å². The van der Waals surface area contributed by atoms with Crippen molar-refractivity contribution in [2.45, 2.75) is 20.3 Å². The highest BCUT2D eigenvalue weighted by molar-refractivity contribution is 6.01. The Kier molecular flexibility index (Phi) is 4.54. The van der Waals surface area contributed by atoms with Crippen molar-refractivity contribution in [3.05, 3.63) is 35.9 Å². The molecule has 0 saturated carbocycles. The van der Waals surface area contributed by atoms with Crippen molar-refractivity contribution >= 4 is 11.8 Å². The van der Waals surface area contributed by atoms with E-state index in [4.69, 9.17) is 4.74 Å². The van der Waals surface area contributed by atoms with Gasteiger partial charge in [0.1, 0.15) is 0 Å². The molecule has 0 aliphatic rings. The molecule has 1 amide bonds. The number of nitrogens with zero attached hydrogens (tertiary/aromatic N) is 1. The maximum absolute atomic E-state index is 11.6. The van der Waals surface area contributed by atoms with Crippen LogP contribution in [-0.4, -0.2) is 18.4 Å². The molecule has 0 radical (unpaired) electrons. The maximum atomic E-state index is 11.6. The lowest BCUT2D eigenvalue weighted by atomic mass is 10.2. The summed E-state index contributed by atoms with van der Waals surface area (Å²) >= 11 is 0. The molecule has 1 aromatic rings. The minimum atomic E-state index is -0.249. The number of carbonyl (C=O) groups excluding carboxylic acids is 1. The lowest BCUT2D eigenvalue weighted by molar-refractivity contribution is 0.0999. The summed E-state index contributed by atoms with van der Waals surface area (Å²) in [5, 5.41) is 0. The molecule has 1 aromatic carbocycles. The molecule has 0 heterocycles. The number of carbonyl (C=O) groups is 1. The lowest BCUT2D eigenvalue weighted by Crippen LogP contribution is -2.07. The van der Waals surface area contributed by atoms with E-state index in [-0.39, 0.29) is 5.91 Å². The first kappa shape index (κ1) is 11.4. The maximum Gasteiger partial charge on any atom is 0.279 e. The zero-order valence-electron chi connectivity index (χ0n) is 9.06. The first-order valence-electron chi connectivity index (χ1n) is 5.07. The molecule has 0 fully saturated rings. The molecule has 0 saturated heterocycles. The summed E-state index contributed by atoms with van der Waals surface area (Å²) in [6, 6.07) is 8.98. The second-order valence-corrected chi connectivity index (χ2v) is 2.96. The van der Waals surface area contributed by atoms with Gasteiger partial charge in [0.2, 0.25) is 0 Å². The Hall–Kier alpha value is -1.64. The van der Waals surface area contributed by atoms with Gasteiger partial charge in [-0.2, -0.15) is 4.99 Å². The van der Waals surface area contributed by atoms with Crippen LogP contribution < -0.4 is 0 Å². The van der Waals surface area contributed by atoms with E-state index in [0.29, 0.717) is 24.5 Å². The normalized spacial score (nSPS) is 11.2. The Morgan fingerprint density at radius 3 is 2.47 bits per heavy atom. The predicted octanol–water partition coefficient (Wildman–Crippen LogP) is 2.67. The van der Waals surface area contributed by atoms with Gasteiger partial charge in [-0.3, -0.25) is 4.79 Å². The van der Waals surface area contributed by atoms with Crippen LogP contribution in [0.4, 0.5) is 0 Å². The summed E-state index contributed by atoms with van der Waals surface area (Å²) < 4.78 is 5.21. The molecule has 0 spiro atoms. The number of hydrogen-bond donors (Lipinski definition) is 0. The number of amides is 1. The van der Waals surface area contributed by atoms with Gasteiger partial charge in [0.15, 0.2) is 5.90 Å². The van der Waals surface area contributed by atoms with E-state index in [1.807, 2.05) is 32.0 Å². The highest BCUT2D eigenvalue weighted by Gasteiger charge is 2.05. The van der Waals surface area contributed by atoms with Gasteiger partial charge in [-0.15, -0.1) is 0 Å². The zero-order chi connectivity index (χ0) is 11.1. The molecular weight excluding hydrogens is 190 g/mol. The molecule has 0 N–H and O–H groups in total.